The van der Waals surface area contributed by atoms with E-state index in [1.807, 2.05) is 12.1 Å². The molecule has 0 spiro atoms. The van der Waals surface area contributed by atoms with Crippen molar-refractivity contribution in [2.24, 2.45) is 0 Å². The average Bonchev–Trinajstić information content (AvgIpc) is 3.11. The second-order valence-corrected chi connectivity index (χ2v) is 6.76. The SMILES string of the molecule is CSc1ccc(CNCc2c(F)cccc2N2CCCC2)cc1. The summed E-state index contributed by atoms with van der Waals surface area (Å²) in [4.78, 5) is 3.56. The number of nitrogens with zero attached hydrogens (tertiary/aromatic N) is 1. The summed E-state index contributed by atoms with van der Waals surface area (Å²) in [6, 6.07) is 13.9. The quantitative estimate of drug-likeness (QED) is 0.789. The van der Waals surface area contributed by atoms with E-state index in [1.165, 1.54) is 23.3 Å². The van der Waals surface area contributed by atoms with Gasteiger partial charge in [-0.05, 0) is 48.9 Å². The molecule has 0 saturated carbocycles. The predicted octanol–water partition coefficient (Wildman–Crippen LogP) is 4.44. The van der Waals surface area contributed by atoms with Gasteiger partial charge in [-0.2, -0.15) is 0 Å². The molecule has 1 aliphatic heterocycles. The average molecular weight is 330 g/mol. The minimum atomic E-state index is -0.111. The van der Waals surface area contributed by atoms with Gasteiger partial charge in [-0.25, -0.2) is 4.39 Å². The Morgan fingerprint density at radius 2 is 1.78 bits per heavy atom. The van der Waals surface area contributed by atoms with Crippen LogP contribution in [0.5, 0.6) is 0 Å². The second-order valence-electron chi connectivity index (χ2n) is 5.88. The smallest absolute Gasteiger partial charge is 0.129 e. The maximum atomic E-state index is 14.3. The normalized spacial score (nSPS) is 14.4. The molecule has 1 fully saturated rings. The van der Waals surface area contributed by atoms with Crippen molar-refractivity contribution in [3.63, 3.8) is 0 Å². The monoisotopic (exact) mass is 330 g/mol. The summed E-state index contributed by atoms with van der Waals surface area (Å²) >= 11 is 1.74. The van der Waals surface area contributed by atoms with Crippen molar-refractivity contribution >= 4 is 17.4 Å². The molecular weight excluding hydrogens is 307 g/mol. The van der Waals surface area contributed by atoms with Gasteiger partial charge >= 0.3 is 0 Å². The van der Waals surface area contributed by atoms with Crippen LogP contribution in [0.1, 0.15) is 24.0 Å². The van der Waals surface area contributed by atoms with Crippen molar-refractivity contribution in [2.75, 3.05) is 24.2 Å². The van der Waals surface area contributed by atoms with E-state index in [4.69, 9.17) is 0 Å². The zero-order valence-corrected chi connectivity index (χ0v) is 14.3. The van der Waals surface area contributed by atoms with Gasteiger partial charge in [-0.1, -0.05) is 18.2 Å². The predicted molar refractivity (Wildman–Crippen MR) is 96.6 cm³/mol. The van der Waals surface area contributed by atoms with E-state index in [9.17, 15) is 4.39 Å². The Bertz CT molecular complexity index is 636. The zero-order chi connectivity index (χ0) is 16.1. The molecule has 2 nitrogen and oxygen atoms in total. The number of hydrogen-bond acceptors (Lipinski definition) is 3. The lowest BCUT2D eigenvalue weighted by Crippen LogP contribution is -2.22. The first kappa shape index (κ1) is 16.3. The second kappa shape index (κ2) is 7.84. The van der Waals surface area contributed by atoms with E-state index in [0.29, 0.717) is 6.54 Å². The van der Waals surface area contributed by atoms with E-state index < -0.39 is 0 Å². The number of nitrogens with one attached hydrogen (secondary N) is 1. The number of hydrogen-bond donors (Lipinski definition) is 1. The van der Waals surface area contributed by atoms with Gasteiger partial charge in [0.2, 0.25) is 0 Å². The molecule has 0 aliphatic carbocycles. The summed E-state index contributed by atoms with van der Waals surface area (Å²) in [5, 5.41) is 3.39. The number of halogens is 1. The lowest BCUT2D eigenvalue weighted by molar-refractivity contribution is 0.587. The van der Waals surface area contributed by atoms with Crippen LogP contribution in [-0.2, 0) is 13.1 Å². The van der Waals surface area contributed by atoms with Crippen LogP contribution in [0.4, 0.5) is 10.1 Å². The van der Waals surface area contributed by atoms with E-state index in [0.717, 1.165) is 30.9 Å². The highest BCUT2D eigenvalue weighted by Gasteiger charge is 2.17. The number of rotatable bonds is 6. The molecule has 122 valence electrons. The fourth-order valence-corrected chi connectivity index (χ4v) is 3.46. The van der Waals surface area contributed by atoms with E-state index in [1.54, 1.807) is 17.8 Å². The molecule has 0 amide bonds. The highest BCUT2D eigenvalue weighted by molar-refractivity contribution is 7.98. The first-order valence-corrected chi connectivity index (χ1v) is 9.36. The number of benzene rings is 2. The van der Waals surface area contributed by atoms with E-state index in [-0.39, 0.29) is 5.82 Å². The third-order valence-electron chi connectivity index (χ3n) is 4.33. The number of anilines is 1. The Labute approximate surface area is 142 Å². The highest BCUT2D eigenvalue weighted by atomic mass is 32.2. The van der Waals surface area contributed by atoms with Gasteiger partial charge < -0.3 is 10.2 Å². The largest absolute Gasteiger partial charge is 0.371 e. The highest BCUT2D eigenvalue weighted by Crippen LogP contribution is 2.26. The van der Waals surface area contributed by atoms with Gasteiger partial charge in [0.1, 0.15) is 5.82 Å². The molecule has 1 aliphatic rings. The summed E-state index contributed by atoms with van der Waals surface area (Å²) < 4.78 is 14.3. The fraction of sp³-hybridized carbons (Fsp3) is 0.368. The lowest BCUT2D eigenvalue weighted by atomic mass is 10.1. The van der Waals surface area contributed by atoms with Crippen LogP contribution in [0.15, 0.2) is 47.4 Å². The molecule has 1 N–H and O–H groups in total. The molecule has 2 aromatic carbocycles. The Balaban J connectivity index is 1.65. The van der Waals surface area contributed by atoms with E-state index >= 15 is 0 Å². The van der Waals surface area contributed by atoms with Crippen molar-refractivity contribution in [3.05, 3.63) is 59.4 Å². The molecule has 1 saturated heterocycles. The molecule has 1 heterocycles. The summed E-state index contributed by atoms with van der Waals surface area (Å²) in [6.07, 6.45) is 4.47. The Hall–Kier alpha value is -1.52. The van der Waals surface area contributed by atoms with Gasteiger partial charge in [0, 0.05) is 42.3 Å². The minimum absolute atomic E-state index is 0.111. The molecule has 0 aromatic heterocycles. The van der Waals surface area contributed by atoms with Crippen LogP contribution in [0.25, 0.3) is 0 Å². The molecule has 0 atom stereocenters. The fourth-order valence-electron chi connectivity index (χ4n) is 3.05. The molecule has 3 rings (SSSR count). The molecular formula is C19H23FN2S. The molecule has 2 aromatic rings. The van der Waals surface area contributed by atoms with Crippen molar-refractivity contribution in [1.82, 2.24) is 5.32 Å². The number of thioether (sulfide) groups is 1. The van der Waals surface area contributed by atoms with Crippen LogP contribution in [0, 0.1) is 5.82 Å². The summed E-state index contributed by atoms with van der Waals surface area (Å²) in [5.74, 6) is -0.111. The molecule has 0 bridgehead atoms. The summed E-state index contributed by atoms with van der Waals surface area (Å²) in [6.45, 7) is 3.38. The molecule has 0 radical (unpaired) electrons. The third kappa shape index (κ3) is 4.06. The molecule has 0 unspecified atom stereocenters. The van der Waals surface area contributed by atoms with Crippen LogP contribution in [0.2, 0.25) is 0 Å². The van der Waals surface area contributed by atoms with Gasteiger partial charge in [0.15, 0.2) is 0 Å². The minimum Gasteiger partial charge on any atom is -0.371 e. The summed E-state index contributed by atoms with van der Waals surface area (Å²) in [5.41, 5.74) is 3.06. The van der Waals surface area contributed by atoms with Crippen molar-refractivity contribution in [3.8, 4) is 0 Å². The Morgan fingerprint density at radius 3 is 2.48 bits per heavy atom. The summed E-state index contributed by atoms with van der Waals surface area (Å²) in [7, 11) is 0. The standard InChI is InChI=1S/C19H23FN2S/c1-23-16-9-7-15(8-10-16)13-21-14-17-18(20)5-4-6-19(17)22-11-2-3-12-22/h4-10,21H,2-3,11-14H2,1H3. The topological polar surface area (TPSA) is 15.3 Å². The van der Waals surface area contributed by atoms with Crippen molar-refractivity contribution in [1.29, 1.82) is 0 Å². The van der Waals surface area contributed by atoms with Crippen LogP contribution >= 0.6 is 11.8 Å². The van der Waals surface area contributed by atoms with Gasteiger partial charge in [0.05, 0.1) is 0 Å². The first-order valence-electron chi connectivity index (χ1n) is 8.14. The van der Waals surface area contributed by atoms with Gasteiger partial charge in [-0.15, -0.1) is 11.8 Å². The molecule has 4 heteroatoms. The van der Waals surface area contributed by atoms with Gasteiger partial charge in [0.25, 0.3) is 0 Å². The van der Waals surface area contributed by atoms with Crippen LogP contribution < -0.4 is 10.2 Å². The zero-order valence-electron chi connectivity index (χ0n) is 13.5. The Morgan fingerprint density at radius 1 is 1.04 bits per heavy atom. The van der Waals surface area contributed by atoms with E-state index in [2.05, 4.69) is 40.7 Å². The Kier molecular flexibility index (Phi) is 5.57. The maximum Gasteiger partial charge on any atom is 0.129 e. The maximum absolute atomic E-state index is 14.3. The first-order chi connectivity index (χ1) is 11.3. The molecule has 23 heavy (non-hydrogen) atoms. The van der Waals surface area contributed by atoms with Gasteiger partial charge in [-0.3, -0.25) is 0 Å². The lowest BCUT2D eigenvalue weighted by Gasteiger charge is -2.22. The van der Waals surface area contributed by atoms with Crippen LogP contribution in [0.3, 0.4) is 0 Å². The van der Waals surface area contributed by atoms with Crippen molar-refractivity contribution in [2.45, 2.75) is 30.8 Å². The van der Waals surface area contributed by atoms with Crippen LogP contribution in [-0.4, -0.2) is 19.3 Å². The van der Waals surface area contributed by atoms with Crippen molar-refractivity contribution < 1.29 is 4.39 Å². The third-order valence-corrected chi connectivity index (χ3v) is 5.07.